The van der Waals surface area contributed by atoms with Crippen molar-refractivity contribution in [2.24, 2.45) is 16.8 Å². The van der Waals surface area contributed by atoms with E-state index in [1.807, 2.05) is 0 Å². The third kappa shape index (κ3) is 2.22. The van der Waals surface area contributed by atoms with Crippen molar-refractivity contribution in [2.75, 3.05) is 6.54 Å². The molecule has 0 spiro atoms. The molecule has 1 aromatic rings. The van der Waals surface area contributed by atoms with Crippen molar-refractivity contribution in [3.05, 3.63) is 35.9 Å². The van der Waals surface area contributed by atoms with Gasteiger partial charge in [-0.3, -0.25) is 9.89 Å². The predicted molar refractivity (Wildman–Crippen MR) is 92.7 cm³/mol. The summed E-state index contributed by atoms with van der Waals surface area (Å²) < 4.78 is 0. The van der Waals surface area contributed by atoms with Crippen LogP contribution in [0.25, 0.3) is 0 Å². The number of nitrogens with one attached hydrogen (secondary N) is 2. The van der Waals surface area contributed by atoms with Crippen LogP contribution in [0, 0.1) is 11.8 Å². The van der Waals surface area contributed by atoms with Crippen molar-refractivity contribution in [3.63, 3.8) is 0 Å². The summed E-state index contributed by atoms with van der Waals surface area (Å²) in [5.41, 5.74) is 9.39. The average molecular weight is 316 g/mol. The molecule has 2 saturated heterocycles. The maximum absolute atomic E-state index is 5.06. The fourth-order valence-electron chi connectivity index (χ4n) is 3.98. The third-order valence-electron chi connectivity index (χ3n) is 5.35. The highest BCUT2D eigenvalue weighted by Gasteiger charge is 2.50. The van der Waals surface area contributed by atoms with Gasteiger partial charge in [0.15, 0.2) is 0 Å². The second-order valence-corrected chi connectivity index (χ2v) is 8.13. The number of thioether (sulfide) groups is 1. The van der Waals surface area contributed by atoms with Gasteiger partial charge >= 0.3 is 0 Å². The molecule has 2 fully saturated rings. The lowest BCUT2D eigenvalue weighted by atomic mass is 9.84. The van der Waals surface area contributed by atoms with Crippen molar-refractivity contribution < 1.29 is 0 Å². The minimum Gasteiger partial charge on any atom is -0.286 e. The van der Waals surface area contributed by atoms with Gasteiger partial charge in [0.05, 0.1) is 24.3 Å². The summed E-state index contributed by atoms with van der Waals surface area (Å²) in [4.78, 5) is 7.65. The van der Waals surface area contributed by atoms with E-state index in [0.717, 1.165) is 6.54 Å². The summed E-state index contributed by atoms with van der Waals surface area (Å²) in [5.74, 6) is 1.14. The zero-order valence-corrected chi connectivity index (χ0v) is 14.2. The molecule has 1 aromatic carbocycles. The summed E-state index contributed by atoms with van der Waals surface area (Å²) >= 11 is 2.11. The van der Waals surface area contributed by atoms with Gasteiger partial charge in [-0.05, 0) is 18.4 Å². The second kappa shape index (κ2) is 5.64. The van der Waals surface area contributed by atoms with Crippen LogP contribution in [-0.2, 0) is 0 Å². The Morgan fingerprint density at radius 2 is 1.91 bits per heavy atom. The molecule has 6 atom stereocenters. The van der Waals surface area contributed by atoms with E-state index in [0.29, 0.717) is 34.8 Å². The Morgan fingerprint density at radius 3 is 2.68 bits per heavy atom. The molecule has 3 aliphatic heterocycles. The first-order valence-corrected chi connectivity index (χ1v) is 9.15. The molecule has 22 heavy (non-hydrogen) atoms. The van der Waals surface area contributed by atoms with Crippen LogP contribution < -0.4 is 10.9 Å². The minimum atomic E-state index is 0.300. The highest BCUT2D eigenvalue weighted by Crippen LogP contribution is 2.48. The van der Waals surface area contributed by atoms with Crippen molar-refractivity contribution in [1.82, 2.24) is 15.8 Å². The van der Waals surface area contributed by atoms with Crippen LogP contribution in [0.15, 0.2) is 35.3 Å². The zero-order chi connectivity index (χ0) is 15.3. The molecule has 5 heteroatoms. The zero-order valence-electron chi connectivity index (χ0n) is 13.4. The van der Waals surface area contributed by atoms with Gasteiger partial charge in [0.1, 0.15) is 0 Å². The Hall–Kier alpha value is -0.880. The number of nitrogens with zero attached hydrogens (tertiary/aromatic N) is 2. The first-order chi connectivity index (χ1) is 10.7. The number of fused-ring (bicyclic) bond motifs is 3. The first kappa shape index (κ1) is 14.7. The van der Waals surface area contributed by atoms with Crippen LogP contribution in [0.3, 0.4) is 0 Å². The topological polar surface area (TPSA) is 39.7 Å². The maximum atomic E-state index is 5.06. The van der Waals surface area contributed by atoms with Crippen LogP contribution in [0.2, 0.25) is 0 Å². The Bertz CT molecular complexity index is 575. The quantitative estimate of drug-likeness (QED) is 0.834. The van der Waals surface area contributed by atoms with E-state index in [2.05, 4.69) is 78.6 Å². The molecule has 3 heterocycles. The number of rotatable bonds is 1. The minimum absolute atomic E-state index is 0.300. The monoisotopic (exact) mass is 316 g/mol. The van der Waals surface area contributed by atoms with E-state index in [1.165, 1.54) is 11.3 Å². The number of hydrazine groups is 1. The third-order valence-corrected chi connectivity index (χ3v) is 7.02. The number of aliphatic imine (C=N–C) groups is 1. The molecule has 0 bridgehead atoms. The molecular formula is C17H24N4S. The summed E-state index contributed by atoms with van der Waals surface area (Å²) in [7, 11) is 0. The Balaban J connectivity index is 1.78. The molecule has 0 radical (unpaired) electrons. The molecule has 4 nitrogen and oxygen atoms in total. The molecular weight excluding hydrogens is 292 g/mol. The van der Waals surface area contributed by atoms with Crippen molar-refractivity contribution in [3.8, 4) is 0 Å². The number of hydrogen-bond acceptors (Lipinski definition) is 5. The molecule has 3 aliphatic rings. The summed E-state index contributed by atoms with van der Waals surface area (Å²) in [5, 5.41) is 1.16. The second-order valence-electron chi connectivity index (χ2n) is 6.64. The molecule has 0 saturated carbocycles. The highest BCUT2D eigenvalue weighted by atomic mass is 32.2. The maximum Gasteiger partial charge on any atom is 0.0949 e. The SMILES string of the molecule is CC1SC2C(C(c3ccccc3)=NCC3NNC(C)N32)C1C. The van der Waals surface area contributed by atoms with Crippen LogP contribution in [-0.4, -0.2) is 40.1 Å². The molecule has 6 unspecified atom stereocenters. The van der Waals surface area contributed by atoms with Gasteiger partial charge in [0.25, 0.3) is 0 Å². The van der Waals surface area contributed by atoms with Crippen LogP contribution in [0.4, 0.5) is 0 Å². The van der Waals surface area contributed by atoms with Crippen molar-refractivity contribution in [1.29, 1.82) is 0 Å². The van der Waals surface area contributed by atoms with Crippen LogP contribution in [0.1, 0.15) is 26.3 Å². The fraction of sp³-hybridized carbons (Fsp3) is 0.588. The molecule has 4 rings (SSSR count). The van der Waals surface area contributed by atoms with E-state index in [-0.39, 0.29) is 0 Å². The van der Waals surface area contributed by atoms with Gasteiger partial charge in [-0.1, -0.05) is 44.2 Å². The van der Waals surface area contributed by atoms with Crippen LogP contribution in [0.5, 0.6) is 0 Å². The lowest BCUT2D eigenvalue weighted by molar-refractivity contribution is 0.161. The fourth-order valence-corrected chi connectivity index (χ4v) is 5.85. The van der Waals surface area contributed by atoms with E-state index in [9.17, 15) is 0 Å². The van der Waals surface area contributed by atoms with Gasteiger partial charge in [-0.25, -0.2) is 10.9 Å². The number of hydrogen-bond donors (Lipinski definition) is 2. The Morgan fingerprint density at radius 1 is 1.14 bits per heavy atom. The predicted octanol–water partition coefficient (Wildman–Crippen LogP) is 2.28. The Labute approximate surface area is 136 Å². The lowest BCUT2D eigenvalue weighted by Crippen LogP contribution is -2.47. The average Bonchev–Trinajstić information content (AvgIpc) is 2.97. The molecule has 0 aromatic heterocycles. The van der Waals surface area contributed by atoms with E-state index in [4.69, 9.17) is 4.99 Å². The largest absolute Gasteiger partial charge is 0.286 e. The lowest BCUT2D eigenvalue weighted by Gasteiger charge is -2.33. The van der Waals surface area contributed by atoms with Gasteiger partial charge in [-0.15, -0.1) is 11.8 Å². The van der Waals surface area contributed by atoms with E-state index in [1.54, 1.807) is 0 Å². The van der Waals surface area contributed by atoms with Gasteiger partial charge in [0.2, 0.25) is 0 Å². The first-order valence-electron chi connectivity index (χ1n) is 8.20. The summed E-state index contributed by atoms with van der Waals surface area (Å²) in [6.45, 7) is 7.81. The highest BCUT2D eigenvalue weighted by molar-refractivity contribution is 8.00. The van der Waals surface area contributed by atoms with Gasteiger partial charge < -0.3 is 0 Å². The van der Waals surface area contributed by atoms with Crippen molar-refractivity contribution in [2.45, 2.75) is 43.7 Å². The van der Waals surface area contributed by atoms with Crippen LogP contribution >= 0.6 is 11.8 Å². The molecule has 2 N–H and O–H groups in total. The standard InChI is InChI=1S/C17H24N4S/c1-10-11(2)22-17-15(10)16(13-7-5-4-6-8-13)18-9-14-20-19-12(3)21(14)17/h4-8,10-12,14-15,17,19-20H,9H2,1-3H3. The smallest absolute Gasteiger partial charge is 0.0949 e. The number of benzene rings is 1. The molecule has 0 aliphatic carbocycles. The van der Waals surface area contributed by atoms with E-state index >= 15 is 0 Å². The van der Waals surface area contributed by atoms with Gasteiger partial charge in [0, 0.05) is 16.9 Å². The molecule has 118 valence electrons. The molecule has 0 amide bonds. The van der Waals surface area contributed by atoms with Gasteiger partial charge in [-0.2, -0.15) is 0 Å². The summed E-state index contributed by atoms with van der Waals surface area (Å²) in [6.07, 6.45) is 0.654. The Kier molecular flexibility index (Phi) is 3.77. The summed E-state index contributed by atoms with van der Waals surface area (Å²) in [6, 6.07) is 10.7. The normalized spacial score (nSPS) is 41.7. The van der Waals surface area contributed by atoms with Crippen molar-refractivity contribution >= 4 is 17.5 Å². The van der Waals surface area contributed by atoms with E-state index < -0.39 is 0 Å².